The standard InChI is InChI=1S/C20H19FN2O2S/c21-17-12-7-13-18(14-17)26(24,25)23-20(16-10-5-2-6-11-16)19(22)15-8-3-1-4-9-15/h1-14,19-20,23H,22H2/t19-,20-/m1/s1. The highest BCUT2D eigenvalue weighted by Gasteiger charge is 2.27. The van der Waals surface area contributed by atoms with E-state index in [0.717, 1.165) is 17.2 Å². The van der Waals surface area contributed by atoms with Crippen LogP contribution >= 0.6 is 0 Å². The number of nitrogens with two attached hydrogens (primary N) is 1. The molecular formula is C20H19FN2O2S. The Hall–Kier alpha value is -2.54. The number of nitrogens with one attached hydrogen (secondary N) is 1. The molecule has 0 spiro atoms. The second kappa shape index (κ2) is 7.78. The van der Waals surface area contributed by atoms with Gasteiger partial charge in [0.05, 0.1) is 17.0 Å². The van der Waals surface area contributed by atoms with Crippen LogP contribution in [0.5, 0.6) is 0 Å². The van der Waals surface area contributed by atoms with Crippen LogP contribution in [0.15, 0.2) is 89.8 Å². The minimum absolute atomic E-state index is 0.140. The molecule has 0 saturated heterocycles. The van der Waals surface area contributed by atoms with Crippen molar-refractivity contribution >= 4 is 10.0 Å². The van der Waals surface area contributed by atoms with Gasteiger partial charge in [-0.2, -0.15) is 0 Å². The van der Waals surface area contributed by atoms with Gasteiger partial charge in [-0.15, -0.1) is 0 Å². The van der Waals surface area contributed by atoms with Crippen molar-refractivity contribution in [2.75, 3.05) is 0 Å². The molecule has 0 aliphatic heterocycles. The lowest BCUT2D eigenvalue weighted by Gasteiger charge is -2.26. The smallest absolute Gasteiger partial charge is 0.241 e. The predicted octanol–water partition coefficient (Wildman–Crippen LogP) is 3.55. The fraction of sp³-hybridized carbons (Fsp3) is 0.100. The van der Waals surface area contributed by atoms with E-state index in [-0.39, 0.29) is 4.90 Å². The largest absolute Gasteiger partial charge is 0.322 e. The van der Waals surface area contributed by atoms with Crippen LogP contribution in [0, 0.1) is 5.82 Å². The summed E-state index contributed by atoms with van der Waals surface area (Å²) < 4.78 is 41.6. The van der Waals surface area contributed by atoms with Gasteiger partial charge in [-0.3, -0.25) is 0 Å². The van der Waals surface area contributed by atoms with Crippen LogP contribution in [0.1, 0.15) is 23.2 Å². The van der Waals surface area contributed by atoms with Crippen LogP contribution in [0.4, 0.5) is 4.39 Å². The lowest BCUT2D eigenvalue weighted by molar-refractivity contribution is 0.503. The van der Waals surface area contributed by atoms with Crippen LogP contribution in [0.25, 0.3) is 0 Å². The highest BCUT2D eigenvalue weighted by Crippen LogP contribution is 2.28. The van der Waals surface area contributed by atoms with Crippen LogP contribution in [-0.4, -0.2) is 8.42 Å². The zero-order chi connectivity index (χ0) is 18.6. The van der Waals surface area contributed by atoms with Crippen molar-refractivity contribution < 1.29 is 12.8 Å². The maximum Gasteiger partial charge on any atom is 0.241 e. The second-order valence-electron chi connectivity index (χ2n) is 5.90. The van der Waals surface area contributed by atoms with Crippen molar-refractivity contribution in [2.24, 2.45) is 5.73 Å². The molecule has 0 saturated carbocycles. The Bertz CT molecular complexity index is 963. The quantitative estimate of drug-likeness (QED) is 0.697. The molecule has 0 aliphatic carbocycles. The van der Waals surface area contributed by atoms with Crippen LogP contribution in [0.2, 0.25) is 0 Å². The fourth-order valence-corrected chi connectivity index (χ4v) is 4.02. The summed E-state index contributed by atoms with van der Waals surface area (Å²) in [5.74, 6) is -0.614. The molecule has 3 rings (SSSR count). The Morgan fingerprint density at radius 2 is 1.38 bits per heavy atom. The van der Waals surface area contributed by atoms with Gasteiger partial charge in [0.2, 0.25) is 10.0 Å². The van der Waals surface area contributed by atoms with E-state index in [1.54, 1.807) is 0 Å². The Kier molecular flexibility index (Phi) is 5.46. The molecule has 3 aromatic carbocycles. The Balaban J connectivity index is 1.99. The highest BCUT2D eigenvalue weighted by molar-refractivity contribution is 7.89. The third-order valence-electron chi connectivity index (χ3n) is 4.09. The van der Waals surface area contributed by atoms with E-state index in [1.807, 2.05) is 60.7 Å². The molecule has 6 heteroatoms. The maximum absolute atomic E-state index is 13.5. The molecule has 0 heterocycles. The number of hydrogen-bond acceptors (Lipinski definition) is 3. The highest BCUT2D eigenvalue weighted by atomic mass is 32.2. The Labute approximate surface area is 152 Å². The molecule has 0 bridgehead atoms. The molecule has 0 aromatic heterocycles. The van der Waals surface area contributed by atoms with Gasteiger partial charge in [0.1, 0.15) is 5.82 Å². The van der Waals surface area contributed by atoms with E-state index in [2.05, 4.69) is 4.72 Å². The monoisotopic (exact) mass is 370 g/mol. The minimum atomic E-state index is -3.95. The molecule has 0 amide bonds. The zero-order valence-electron chi connectivity index (χ0n) is 13.9. The number of halogens is 1. The summed E-state index contributed by atoms with van der Waals surface area (Å²) in [4.78, 5) is -0.140. The average Bonchev–Trinajstić information content (AvgIpc) is 2.67. The average molecular weight is 370 g/mol. The van der Waals surface area contributed by atoms with Gasteiger partial charge in [0, 0.05) is 0 Å². The summed E-state index contributed by atoms with van der Waals surface area (Å²) in [5.41, 5.74) is 7.91. The van der Waals surface area contributed by atoms with Crippen LogP contribution in [-0.2, 0) is 10.0 Å². The van der Waals surface area contributed by atoms with Gasteiger partial charge >= 0.3 is 0 Å². The van der Waals surface area contributed by atoms with Gasteiger partial charge in [0.15, 0.2) is 0 Å². The molecule has 26 heavy (non-hydrogen) atoms. The van der Waals surface area contributed by atoms with E-state index in [1.165, 1.54) is 18.2 Å². The zero-order valence-corrected chi connectivity index (χ0v) is 14.7. The molecule has 2 atom stereocenters. The molecule has 3 aromatic rings. The van der Waals surface area contributed by atoms with E-state index < -0.39 is 27.9 Å². The molecule has 4 nitrogen and oxygen atoms in total. The van der Waals surface area contributed by atoms with Crippen molar-refractivity contribution in [2.45, 2.75) is 17.0 Å². The molecule has 0 radical (unpaired) electrons. The first-order valence-electron chi connectivity index (χ1n) is 8.11. The summed E-state index contributed by atoms with van der Waals surface area (Å²) >= 11 is 0. The van der Waals surface area contributed by atoms with Crippen molar-refractivity contribution in [3.8, 4) is 0 Å². The van der Waals surface area contributed by atoms with Gasteiger partial charge in [-0.1, -0.05) is 66.7 Å². The first kappa shape index (κ1) is 18.3. The van der Waals surface area contributed by atoms with Gasteiger partial charge in [-0.05, 0) is 29.3 Å². The molecule has 0 fully saturated rings. The summed E-state index contributed by atoms with van der Waals surface area (Å²) in [5, 5.41) is 0. The number of sulfonamides is 1. The number of hydrogen-bond donors (Lipinski definition) is 2. The summed E-state index contributed by atoms with van der Waals surface area (Å²) in [6, 6.07) is 21.9. The van der Waals surface area contributed by atoms with Crippen molar-refractivity contribution in [1.82, 2.24) is 4.72 Å². The molecule has 134 valence electrons. The van der Waals surface area contributed by atoms with Crippen molar-refractivity contribution in [3.63, 3.8) is 0 Å². The molecule has 0 unspecified atom stereocenters. The molecule has 0 aliphatic rings. The summed E-state index contributed by atoms with van der Waals surface area (Å²) in [7, 11) is -3.95. The maximum atomic E-state index is 13.5. The first-order valence-corrected chi connectivity index (χ1v) is 9.59. The molecular weight excluding hydrogens is 351 g/mol. The third-order valence-corrected chi connectivity index (χ3v) is 5.53. The topological polar surface area (TPSA) is 72.2 Å². The normalized spacial score (nSPS) is 13.9. The SMILES string of the molecule is N[C@H](c1ccccc1)[C@H](NS(=O)(=O)c1cccc(F)c1)c1ccccc1. The summed E-state index contributed by atoms with van der Waals surface area (Å²) in [6.45, 7) is 0. The predicted molar refractivity (Wildman–Crippen MR) is 99.3 cm³/mol. The Morgan fingerprint density at radius 3 is 1.96 bits per heavy atom. The van der Waals surface area contributed by atoms with Gasteiger partial charge < -0.3 is 5.73 Å². The van der Waals surface area contributed by atoms with Gasteiger partial charge in [-0.25, -0.2) is 17.5 Å². The molecule has 3 N–H and O–H groups in total. The van der Waals surface area contributed by atoms with Gasteiger partial charge in [0.25, 0.3) is 0 Å². The first-order chi connectivity index (χ1) is 12.5. The van der Waals surface area contributed by atoms with Crippen molar-refractivity contribution in [3.05, 3.63) is 102 Å². The van der Waals surface area contributed by atoms with E-state index in [4.69, 9.17) is 5.73 Å². The van der Waals surface area contributed by atoms with Crippen molar-refractivity contribution in [1.29, 1.82) is 0 Å². The lowest BCUT2D eigenvalue weighted by Crippen LogP contribution is -2.36. The van der Waals surface area contributed by atoms with E-state index in [0.29, 0.717) is 0 Å². The van der Waals surface area contributed by atoms with Crippen LogP contribution < -0.4 is 10.5 Å². The fourth-order valence-electron chi connectivity index (χ4n) is 2.75. The summed E-state index contributed by atoms with van der Waals surface area (Å²) in [6.07, 6.45) is 0. The number of rotatable bonds is 6. The Morgan fingerprint density at radius 1 is 0.808 bits per heavy atom. The van der Waals surface area contributed by atoms with E-state index >= 15 is 0 Å². The number of benzene rings is 3. The van der Waals surface area contributed by atoms with Crippen LogP contribution in [0.3, 0.4) is 0 Å². The lowest BCUT2D eigenvalue weighted by atomic mass is 9.95. The van der Waals surface area contributed by atoms with E-state index in [9.17, 15) is 12.8 Å². The second-order valence-corrected chi connectivity index (χ2v) is 7.62. The minimum Gasteiger partial charge on any atom is -0.322 e. The third kappa shape index (κ3) is 4.16.